The van der Waals surface area contributed by atoms with Crippen LogP contribution < -0.4 is 0 Å². The second kappa shape index (κ2) is 29.2. The van der Waals surface area contributed by atoms with Gasteiger partial charge in [0.1, 0.15) is 0 Å². The molecule has 0 aromatic carbocycles. The second-order valence-corrected chi connectivity index (χ2v) is 3.56. The summed E-state index contributed by atoms with van der Waals surface area (Å²) >= 11 is 0. The maximum atomic E-state index is 7.75. The van der Waals surface area contributed by atoms with Crippen LogP contribution in [0.15, 0.2) is 0 Å². The number of hydrogen-bond donors (Lipinski definition) is 0. The molecule has 0 unspecified atom stereocenters. The molecule has 0 saturated heterocycles. The molecule has 0 saturated carbocycles. The molecule has 0 N–H and O–H groups in total. The third kappa shape index (κ3) is 129. The maximum absolute atomic E-state index is 7.75. The first kappa shape index (κ1) is 29.4. The summed E-state index contributed by atoms with van der Waals surface area (Å²) in [6, 6.07) is 0.685. The molecule has 15 heavy (non-hydrogen) atoms. The van der Waals surface area contributed by atoms with E-state index >= 15 is 0 Å². The monoisotopic (exact) mass is 304 g/mol. The van der Waals surface area contributed by atoms with Crippen LogP contribution in [0.1, 0.15) is 34.6 Å². The van der Waals surface area contributed by atoms with Crippen LogP contribution in [0.4, 0.5) is 0 Å². The van der Waals surface area contributed by atoms with Crippen molar-refractivity contribution in [1.82, 2.24) is 4.90 Å². The molecule has 0 amide bonds. The van der Waals surface area contributed by atoms with Crippen LogP contribution in [0, 0.1) is 5.92 Å². The molecular weight excluding hydrogens is 279 g/mol. The smallest absolute Gasteiger partial charge is 0.545 e. The summed E-state index contributed by atoms with van der Waals surface area (Å²) in [5, 5.41) is 0. The van der Waals surface area contributed by atoms with E-state index in [1.54, 1.807) is 0 Å². The Morgan fingerprint density at radius 3 is 1.00 bits per heavy atom. The maximum Gasteiger partial charge on any atom is 4.00 e. The zero-order valence-corrected chi connectivity index (χ0v) is 12.6. The third-order valence-corrected chi connectivity index (χ3v) is 1.03. The third-order valence-electron chi connectivity index (χ3n) is 1.03. The predicted octanol–water partition coefficient (Wildman–Crippen LogP) is 2.03. The van der Waals surface area contributed by atoms with Crippen LogP contribution in [0.2, 0.25) is 0 Å². The molecule has 4 heteroatoms. The SMILES string of the molecule is CC(C)N(C)C.C[C-](C)C.[CH-]=O.[CH-]=O.[Ru+4]. The van der Waals surface area contributed by atoms with E-state index in [1.807, 2.05) is 0 Å². The number of hydrogen-bond acceptors (Lipinski definition) is 3. The molecule has 0 spiro atoms. The van der Waals surface area contributed by atoms with Crippen molar-refractivity contribution in [3.8, 4) is 0 Å². The van der Waals surface area contributed by atoms with Gasteiger partial charge in [-0.25, -0.2) is 0 Å². The zero-order valence-electron chi connectivity index (χ0n) is 10.8. The molecular formula is C11H24NO2Ru+. The van der Waals surface area contributed by atoms with Gasteiger partial charge in [-0.15, -0.1) is 0 Å². The first-order valence-electron chi connectivity index (χ1n) is 4.28. The van der Waals surface area contributed by atoms with E-state index in [-0.39, 0.29) is 19.5 Å². The van der Waals surface area contributed by atoms with E-state index in [0.717, 1.165) is 0 Å². The number of carbonyl (C=O) groups excluding carboxylic acids is 2. The number of nitrogens with zero attached hydrogens (tertiary/aromatic N) is 1. The Bertz CT molecular complexity index is 77.9. The van der Waals surface area contributed by atoms with Crippen LogP contribution in [0.5, 0.6) is 0 Å². The van der Waals surface area contributed by atoms with Gasteiger partial charge in [-0.3, -0.25) is 13.6 Å². The van der Waals surface area contributed by atoms with E-state index in [9.17, 15) is 0 Å². The van der Waals surface area contributed by atoms with Gasteiger partial charge in [-0.05, 0) is 27.9 Å². The molecule has 0 fully saturated rings. The Kier molecular flexibility index (Phi) is 57.2. The summed E-state index contributed by atoms with van der Waals surface area (Å²) < 4.78 is 0. The van der Waals surface area contributed by atoms with Crippen LogP contribution in [0.25, 0.3) is 0 Å². The number of rotatable bonds is 1. The largest absolute Gasteiger partial charge is 4.00 e. The van der Waals surface area contributed by atoms with E-state index in [0.29, 0.717) is 6.04 Å². The van der Waals surface area contributed by atoms with Crippen molar-refractivity contribution in [2.45, 2.75) is 40.7 Å². The van der Waals surface area contributed by atoms with Gasteiger partial charge in [0, 0.05) is 6.04 Å². The molecule has 92 valence electrons. The second-order valence-electron chi connectivity index (χ2n) is 3.56. The molecule has 0 aliphatic rings. The standard InChI is InChI=1S/C5H13N.C4H9.2CHO.Ru/c1-5(2)6(3)4;1-4(2)3;2*1-2;/h5H,1-4H3;1-3H3;2*1H;/q;3*-1;+4. The normalized spacial score (nSPS) is 7.33. The average molecular weight is 303 g/mol. The van der Waals surface area contributed by atoms with Gasteiger partial charge in [0.25, 0.3) is 0 Å². The molecule has 0 rings (SSSR count). The average Bonchev–Trinajstić information content (AvgIpc) is 2.10. The van der Waals surface area contributed by atoms with E-state index in [1.165, 1.54) is 5.92 Å². The molecule has 0 heterocycles. The van der Waals surface area contributed by atoms with Crippen LogP contribution in [0.3, 0.4) is 0 Å². The van der Waals surface area contributed by atoms with E-state index < -0.39 is 0 Å². The zero-order chi connectivity index (χ0) is 12.7. The Balaban J connectivity index is -0.0000000327. The van der Waals surface area contributed by atoms with Crippen LogP contribution >= 0.6 is 0 Å². The fourth-order valence-electron chi connectivity index (χ4n) is 0. The first-order chi connectivity index (χ1) is 6.37. The summed E-state index contributed by atoms with van der Waals surface area (Å²) in [6.07, 6.45) is 0. The molecule has 3 nitrogen and oxygen atoms in total. The van der Waals surface area contributed by atoms with Gasteiger partial charge in [-0.2, -0.15) is 20.8 Å². The molecule has 0 atom stereocenters. The minimum Gasteiger partial charge on any atom is -0.545 e. The van der Waals surface area contributed by atoms with Gasteiger partial charge in [0.2, 0.25) is 0 Å². The fraction of sp³-hybridized carbons (Fsp3) is 0.727. The van der Waals surface area contributed by atoms with Gasteiger partial charge < -0.3 is 20.4 Å². The van der Waals surface area contributed by atoms with Gasteiger partial charge >= 0.3 is 19.5 Å². The van der Waals surface area contributed by atoms with Crippen molar-refractivity contribution in [2.75, 3.05) is 14.1 Å². The Morgan fingerprint density at radius 2 is 1.00 bits per heavy atom. The fourth-order valence-corrected chi connectivity index (χ4v) is 0. The van der Waals surface area contributed by atoms with Crippen molar-refractivity contribution >= 4 is 13.6 Å². The molecule has 0 aromatic rings. The summed E-state index contributed by atoms with van der Waals surface area (Å²) in [5.41, 5.74) is 0. The Labute approximate surface area is 108 Å². The van der Waals surface area contributed by atoms with Crippen LogP contribution in [-0.4, -0.2) is 38.6 Å². The van der Waals surface area contributed by atoms with Crippen molar-refractivity contribution in [2.24, 2.45) is 0 Å². The quantitative estimate of drug-likeness (QED) is 0.422. The predicted molar refractivity (Wildman–Crippen MR) is 62.6 cm³/mol. The molecule has 0 bridgehead atoms. The Hall–Kier alpha value is -0.0766. The Morgan fingerprint density at radius 1 is 0.933 bits per heavy atom. The van der Waals surface area contributed by atoms with E-state index in [4.69, 9.17) is 9.59 Å². The van der Waals surface area contributed by atoms with Crippen molar-refractivity contribution in [1.29, 1.82) is 0 Å². The summed E-state index contributed by atoms with van der Waals surface area (Å²) in [4.78, 5) is 17.7. The van der Waals surface area contributed by atoms with Gasteiger partial charge in [0.05, 0.1) is 0 Å². The molecule has 0 aromatic heterocycles. The van der Waals surface area contributed by atoms with Gasteiger partial charge in [-0.1, -0.05) is 0 Å². The van der Waals surface area contributed by atoms with Crippen LogP contribution in [-0.2, 0) is 29.1 Å². The van der Waals surface area contributed by atoms with Crippen molar-refractivity contribution in [3.63, 3.8) is 0 Å². The first-order valence-corrected chi connectivity index (χ1v) is 4.28. The minimum atomic E-state index is 0. The minimum absolute atomic E-state index is 0. The molecule has 0 radical (unpaired) electrons. The summed E-state index contributed by atoms with van der Waals surface area (Å²) in [5.74, 6) is 1.42. The topological polar surface area (TPSA) is 37.4 Å². The summed E-state index contributed by atoms with van der Waals surface area (Å²) in [7, 11) is 4.15. The summed E-state index contributed by atoms with van der Waals surface area (Å²) in [6.45, 7) is 17.1. The van der Waals surface area contributed by atoms with Crippen molar-refractivity contribution in [3.05, 3.63) is 5.92 Å². The molecule has 0 aliphatic heterocycles. The van der Waals surface area contributed by atoms with E-state index in [2.05, 4.69) is 67.2 Å². The van der Waals surface area contributed by atoms with Crippen molar-refractivity contribution < 1.29 is 29.1 Å². The molecule has 0 aliphatic carbocycles. The van der Waals surface area contributed by atoms with Gasteiger partial charge in [0.15, 0.2) is 0 Å².